The Morgan fingerprint density at radius 1 is 0.923 bits per heavy atom. The molecule has 1 rings (SSSR count). The fourth-order valence-electron chi connectivity index (χ4n) is 2.91. The topological polar surface area (TPSA) is 50.7 Å². The zero-order valence-electron chi connectivity index (χ0n) is 16.9. The van der Waals surface area contributed by atoms with Crippen LogP contribution in [0.15, 0.2) is 29.4 Å². The fraction of sp³-hybridized carbons (Fsp3) is 0.636. The summed E-state index contributed by atoms with van der Waals surface area (Å²) in [6.45, 7) is 4.28. The Morgan fingerprint density at radius 3 is 2.04 bits per heavy atom. The number of unbranched alkanes of at least 4 members (excludes halogenated alkanes) is 8. The Bertz CT molecular complexity index is 523. The summed E-state index contributed by atoms with van der Waals surface area (Å²) in [6.07, 6.45) is 12.6. The highest BCUT2D eigenvalue weighted by atomic mass is 16.5. The molecule has 0 unspecified atom stereocenters. The van der Waals surface area contributed by atoms with Gasteiger partial charge in [-0.15, -0.1) is 0 Å². The summed E-state index contributed by atoms with van der Waals surface area (Å²) in [5.74, 6) is 0.825. The molecule has 26 heavy (non-hydrogen) atoms. The van der Waals surface area contributed by atoms with Gasteiger partial charge in [0.2, 0.25) is 5.91 Å². The van der Waals surface area contributed by atoms with Crippen LogP contribution in [-0.2, 0) is 4.79 Å². The van der Waals surface area contributed by atoms with E-state index >= 15 is 0 Å². The molecular formula is C22H36N2O2. The average Bonchev–Trinajstić information content (AvgIpc) is 2.67. The number of hydrogen-bond donors (Lipinski definition) is 1. The summed E-state index contributed by atoms with van der Waals surface area (Å²) in [5.41, 5.74) is 4.60. The first-order chi connectivity index (χ1) is 12.7. The molecule has 1 amide bonds. The maximum atomic E-state index is 12.0. The second-order valence-electron chi connectivity index (χ2n) is 6.75. The normalized spacial score (nSPS) is 11.4. The lowest BCUT2D eigenvalue weighted by atomic mass is 10.1. The minimum absolute atomic E-state index is 0.00686. The van der Waals surface area contributed by atoms with Gasteiger partial charge in [-0.2, -0.15) is 5.10 Å². The van der Waals surface area contributed by atoms with Crippen LogP contribution in [-0.4, -0.2) is 18.7 Å². The quantitative estimate of drug-likeness (QED) is 0.257. The number of methoxy groups -OCH3 is 1. The molecule has 0 spiro atoms. The molecule has 0 bridgehead atoms. The Labute approximate surface area is 159 Å². The van der Waals surface area contributed by atoms with Crippen molar-refractivity contribution in [2.45, 2.75) is 84.5 Å². The number of carbonyl (C=O) groups excluding carboxylic acids is 1. The van der Waals surface area contributed by atoms with Gasteiger partial charge < -0.3 is 4.74 Å². The third-order valence-corrected chi connectivity index (χ3v) is 4.58. The summed E-state index contributed by atoms with van der Waals surface area (Å²) in [6, 6.07) is 7.75. The molecule has 0 aromatic heterocycles. The number of carbonyl (C=O) groups is 1. The lowest BCUT2D eigenvalue weighted by Gasteiger charge is -2.07. The second-order valence-corrected chi connectivity index (χ2v) is 6.75. The molecule has 4 nitrogen and oxygen atoms in total. The van der Waals surface area contributed by atoms with Crippen LogP contribution < -0.4 is 10.2 Å². The van der Waals surface area contributed by atoms with E-state index in [2.05, 4.69) is 17.5 Å². The van der Waals surface area contributed by atoms with Crippen LogP contribution in [0, 0.1) is 0 Å². The lowest BCUT2D eigenvalue weighted by Crippen LogP contribution is -2.19. The zero-order chi connectivity index (χ0) is 19.0. The Hall–Kier alpha value is -1.84. The van der Waals surface area contributed by atoms with E-state index in [1.54, 1.807) is 7.11 Å². The van der Waals surface area contributed by atoms with Crippen LogP contribution in [0.4, 0.5) is 0 Å². The first-order valence-corrected chi connectivity index (χ1v) is 10.2. The minimum Gasteiger partial charge on any atom is -0.497 e. The summed E-state index contributed by atoms with van der Waals surface area (Å²) < 4.78 is 5.17. The molecule has 0 heterocycles. The molecule has 4 heteroatoms. The van der Waals surface area contributed by atoms with Crippen LogP contribution in [0.1, 0.15) is 90.0 Å². The Morgan fingerprint density at radius 2 is 1.50 bits per heavy atom. The zero-order valence-corrected chi connectivity index (χ0v) is 16.9. The number of nitrogens with one attached hydrogen (secondary N) is 1. The summed E-state index contributed by atoms with van der Waals surface area (Å²) in [4.78, 5) is 12.0. The van der Waals surface area contributed by atoms with E-state index in [-0.39, 0.29) is 5.91 Å². The Balaban J connectivity index is 2.21. The Kier molecular flexibility index (Phi) is 12.2. The smallest absolute Gasteiger partial charge is 0.240 e. The van der Waals surface area contributed by atoms with Crippen LogP contribution in [0.25, 0.3) is 0 Å². The van der Waals surface area contributed by atoms with Crippen LogP contribution >= 0.6 is 0 Å². The van der Waals surface area contributed by atoms with Crippen molar-refractivity contribution in [3.8, 4) is 5.75 Å². The maximum absolute atomic E-state index is 12.0. The number of rotatable bonds is 14. The first-order valence-electron chi connectivity index (χ1n) is 10.2. The number of hydrazone groups is 1. The van der Waals surface area contributed by atoms with Gasteiger partial charge in [-0.1, -0.05) is 65.2 Å². The number of ether oxygens (including phenoxy) is 1. The van der Waals surface area contributed by atoms with Crippen molar-refractivity contribution in [1.29, 1.82) is 0 Å². The van der Waals surface area contributed by atoms with Crippen molar-refractivity contribution in [2.24, 2.45) is 5.10 Å². The average molecular weight is 361 g/mol. The largest absolute Gasteiger partial charge is 0.497 e. The molecule has 0 saturated heterocycles. The first kappa shape index (κ1) is 22.2. The molecule has 0 atom stereocenters. The lowest BCUT2D eigenvalue weighted by molar-refractivity contribution is -0.121. The molecule has 1 aromatic rings. The van der Waals surface area contributed by atoms with Crippen LogP contribution in [0.5, 0.6) is 5.75 Å². The molecular weight excluding hydrogens is 324 g/mol. The predicted molar refractivity (Wildman–Crippen MR) is 110 cm³/mol. The second kappa shape index (κ2) is 14.3. The standard InChI is InChI=1S/C22H36N2O2/c1-4-6-7-8-9-10-11-12-13-14-22(25)24-23-21(5-2)19-15-17-20(26-3)18-16-19/h15-18H,4-14H2,1-3H3,(H,24,25)/b23-21+. The van der Waals surface area contributed by atoms with Gasteiger partial charge in [0.05, 0.1) is 12.8 Å². The monoisotopic (exact) mass is 360 g/mol. The minimum atomic E-state index is 0.00686. The predicted octanol–water partition coefficient (Wildman–Crippen LogP) is 5.85. The third kappa shape index (κ3) is 9.59. The van der Waals surface area contributed by atoms with Crippen LogP contribution in [0.3, 0.4) is 0 Å². The molecule has 1 aromatic carbocycles. The molecule has 146 valence electrons. The van der Waals surface area contributed by atoms with E-state index in [0.29, 0.717) is 6.42 Å². The van der Waals surface area contributed by atoms with E-state index < -0.39 is 0 Å². The van der Waals surface area contributed by atoms with Crippen LogP contribution in [0.2, 0.25) is 0 Å². The van der Waals surface area contributed by atoms with Gasteiger partial charge in [0.1, 0.15) is 5.75 Å². The highest BCUT2D eigenvalue weighted by molar-refractivity contribution is 6.00. The SMILES string of the molecule is CCCCCCCCCCCC(=O)N/N=C(\CC)c1ccc(OC)cc1. The molecule has 0 radical (unpaired) electrons. The van der Waals surface area contributed by atoms with Gasteiger partial charge in [-0.3, -0.25) is 4.79 Å². The molecule has 0 aliphatic carbocycles. The molecule has 0 aliphatic heterocycles. The van der Waals surface area contributed by atoms with E-state index in [0.717, 1.165) is 36.3 Å². The summed E-state index contributed by atoms with van der Waals surface area (Å²) in [7, 11) is 1.65. The van der Waals surface area contributed by atoms with Gasteiger partial charge in [-0.25, -0.2) is 5.43 Å². The van der Waals surface area contributed by atoms with Crippen molar-refractivity contribution in [2.75, 3.05) is 7.11 Å². The van der Waals surface area contributed by atoms with Crippen molar-refractivity contribution < 1.29 is 9.53 Å². The van der Waals surface area contributed by atoms with Crippen molar-refractivity contribution in [3.63, 3.8) is 0 Å². The van der Waals surface area contributed by atoms with Gasteiger partial charge in [0, 0.05) is 6.42 Å². The van der Waals surface area contributed by atoms with Crippen molar-refractivity contribution >= 4 is 11.6 Å². The number of benzene rings is 1. The van der Waals surface area contributed by atoms with Crippen molar-refractivity contribution in [3.05, 3.63) is 29.8 Å². The highest BCUT2D eigenvalue weighted by Crippen LogP contribution is 2.13. The summed E-state index contributed by atoms with van der Waals surface area (Å²) >= 11 is 0. The van der Waals surface area contributed by atoms with E-state index in [1.807, 2.05) is 31.2 Å². The van der Waals surface area contributed by atoms with Gasteiger partial charge in [0.15, 0.2) is 0 Å². The maximum Gasteiger partial charge on any atom is 0.240 e. The third-order valence-electron chi connectivity index (χ3n) is 4.58. The van der Waals surface area contributed by atoms with E-state index in [1.165, 1.54) is 44.9 Å². The summed E-state index contributed by atoms with van der Waals surface area (Å²) in [5, 5.41) is 4.30. The van der Waals surface area contributed by atoms with Gasteiger partial charge >= 0.3 is 0 Å². The number of amides is 1. The molecule has 0 fully saturated rings. The molecule has 1 N–H and O–H groups in total. The number of hydrogen-bond acceptors (Lipinski definition) is 3. The highest BCUT2D eigenvalue weighted by Gasteiger charge is 2.04. The van der Waals surface area contributed by atoms with Gasteiger partial charge in [0.25, 0.3) is 0 Å². The number of nitrogens with zero attached hydrogens (tertiary/aromatic N) is 1. The van der Waals surface area contributed by atoms with E-state index in [9.17, 15) is 4.79 Å². The van der Waals surface area contributed by atoms with Gasteiger partial charge in [-0.05, 0) is 42.7 Å². The van der Waals surface area contributed by atoms with Crippen molar-refractivity contribution in [1.82, 2.24) is 5.43 Å². The van der Waals surface area contributed by atoms with E-state index in [4.69, 9.17) is 4.74 Å². The fourth-order valence-corrected chi connectivity index (χ4v) is 2.91. The molecule has 0 aliphatic rings. The molecule has 0 saturated carbocycles.